The van der Waals surface area contributed by atoms with Crippen molar-refractivity contribution in [1.29, 1.82) is 0 Å². The predicted molar refractivity (Wildman–Crippen MR) is 103 cm³/mol. The van der Waals surface area contributed by atoms with E-state index in [0.29, 0.717) is 24.0 Å². The molecule has 4 aliphatic carbocycles. The number of hydrogen-bond acceptors (Lipinski definition) is 2. The van der Waals surface area contributed by atoms with E-state index in [2.05, 4.69) is 19.3 Å². The molecule has 0 heterocycles. The van der Waals surface area contributed by atoms with Crippen LogP contribution >= 0.6 is 11.8 Å². The maximum Gasteiger partial charge on any atom is 0.273 e. The van der Waals surface area contributed by atoms with Gasteiger partial charge in [0, 0.05) is 22.8 Å². The van der Waals surface area contributed by atoms with E-state index in [0.717, 1.165) is 50.7 Å². The van der Waals surface area contributed by atoms with Gasteiger partial charge in [0.1, 0.15) is 5.78 Å². The molecule has 2 saturated carbocycles. The Balaban J connectivity index is 1.78. The van der Waals surface area contributed by atoms with Gasteiger partial charge in [0.15, 0.2) is 0 Å². The molecule has 0 aromatic rings. The lowest BCUT2D eigenvalue weighted by molar-refractivity contribution is -0.127. The third-order valence-corrected chi connectivity index (χ3v) is 8.42. The normalized spacial score (nSPS) is 38.9. The summed E-state index contributed by atoms with van der Waals surface area (Å²) >= 11 is 1.84. The molecular formula is C22H28F2OS. The van der Waals surface area contributed by atoms with Crippen LogP contribution in [0.3, 0.4) is 0 Å². The number of rotatable bonds is 3. The molecule has 4 rings (SSSR count). The summed E-state index contributed by atoms with van der Waals surface area (Å²) in [6.07, 6.45) is 11.6. The molecule has 0 N–H and O–H groups in total. The van der Waals surface area contributed by atoms with Gasteiger partial charge in [-0.2, -0.15) is 20.5 Å². The van der Waals surface area contributed by atoms with E-state index in [1.54, 1.807) is 0 Å². The van der Waals surface area contributed by atoms with Gasteiger partial charge in [-0.1, -0.05) is 30.2 Å². The van der Waals surface area contributed by atoms with E-state index >= 15 is 0 Å². The summed E-state index contributed by atoms with van der Waals surface area (Å²) in [7, 11) is 0. The fraction of sp³-hybridized carbons (Fsp3) is 0.682. The highest BCUT2D eigenvalue weighted by molar-refractivity contribution is 7.98. The van der Waals surface area contributed by atoms with Crippen molar-refractivity contribution in [2.75, 3.05) is 12.0 Å². The minimum atomic E-state index is -1.51. The van der Waals surface area contributed by atoms with Gasteiger partial charge in [-0.25, -0.2) is 0 Å². The van der Waals surface area contributed by atoms with Gasteiger partial charge in [-0.15, -0.1) is 0 Å². The summed E-state index contributed by atoms with van der Waals surface area (Å²) in [5, 5.41) is 0. The SMILES string of the molecule is CSCC[C@]12CCC(=C(F)F)C=C1CC[C@@H]1C2=CC[C@]2(C)C(=O)CC[C@@H]12. The van der Waals surface area contributed by atoms with Crippen LogP contribution in [-0.2, 0) is 4.79 Å². The molecule has 0 radical (unpaired) electrons. The Kier molecular flexibility index (Phi) is 4.70. The lowest BCUT2D eigenvalue weighted by Crippen LogP contribution is -2.45. The Morgan fingerprint density at radius 3 is 2.81 bits per heavy atom. The van der Waals surface area contributed by atoms with Gasteiger partial charge in [0.05, 0.1) is 0 Å². The third-order valence-electron chi connectivity index (χ3n) is 7.81. The molecule has 0 bridgehead atoms. The first-order valence-corrected chi connectivity index (χ1v) is 11.3. The van der Waals surface area contributed by atoms with Crippen molar-refractivity contribution >= 4 is 17.5 Å². The fourth-order valence-electron chi connectivity index (χ4n) is 6.34. The summed E-state index contributed by atoms with van der Waals surface area (Å²) in [6.45, 7) is 2.17. The lowest BCUT2D eigenvalue weighted by atomic mass is 9.50. The number of hydrogen-bond donors (Lipinski definition) is 0. The third kappa shape index (κ3) is 2.58. The van der Waals surface area contributed by atoms with Crippen molar-refractivity contribution in [3.8, 4) is 0 Å². The van der Waals surface area contributed by atoms with Crippen LogP contribution in [-0.4, -0.2) is 17.8 Å². The second-order valence-electron chi connectivity index (χ2n) is 8.77. The quantitative estimate of drug-likeness (QED) is 0.534. The molecule has 0 aromatic carbocycles. The van der Waals surface area contributed by atoms with Crippen molar-refractivity contribution < 1.29 is 13.6 Å². The van der Waals surface area contributed by atoms with Crippen LogP contribution in [0.5, 0.6) is 0 Å². The number of ketones is 1. The van der Waals surface area contributed by atoms with Crippen LogP contribution < -0.4 is 0 Å². The van der Waals surface area contributed by atoms with Crippen LogP contribution in [0.15, 0.2) is 35.0 Å². The van der Waals surface area contributed by atoms with Crippen molar-refractivity contribution in [3.05, 3.63) is 35.0 Å². The highest BCUT2D eigenvalue weighted by Crippen LogP contribution is 2.64. The molecule has 0 unspecified atom stereocenters. The van der Waals surface area contributed by atoms with Gasteiger partial charge < -0.3 is 0 Å². The molecule has 0 aliphatic heterocycles. The Labute approximate surface area is 159 Å². The van der Waals surface area contributed by atoms with Crippen molar-refractivity contribution in [1.82, 2.24) is 0 Å². The molecular weight excluding hydrogens is 350 g/mol. The van der Waals surface area contributed by atoms with Gasteiger partial charge in [-0.05, 0) is 68.8 Å². The second-order valence-corrected chi connectivity index (χ2v) is 9.76. The number of allylic oxidation sites excluding steroid dienone is 5. The molecule has 0 spiro atoms. The van der Waals surface area contributed by atoms with Crippen LogP contribution in [0.25, 0.3) is 0 Å². The molecule has 4 heteroatoms. The van der Waals surface area contributed by atoms with Gasteiger partial charge in [0.2, 0.25) is 0 Å². The molecule has 2 fully saturated rings. The smallest absolute Gasteiger partial charge is 0.273 e. The van der Waals surface area contributed by atoms with E-state index in [1.165, 1.54) is 11.1 Å². The number of halogens is 2. The van der Waals surface area contributed by atoms with Gasteiger partial charge in [-0.3, -0.25) is 4.79 Å². The molecule has 4 aliphatic rings. The number of carbonyl (C=O) groups is 1. The standard InChI is InChI=1S/C22H28F2OS/c1-21-9-8-18-16(17(21)5-6-19(21)25)4-3-15-13-14(20(23)24)7-10-22(15,18)11-12-26-2/h8,13,16-17H,3-7,9-12H2,1-2H3/t16-,17-,21-,22+/m0/s1. The largest absolute Gasteiger partial charge is 0.299 e. The van der Waals surface area contributed by atoms with Gasteiger partial charge >= 0.3 is 0 Å². The number of Topliss-reactive ketones (excluding diaryl/α,β-unsaturated/α-hetero) is 1. The number of thioether (sulfide) groups is 1. The van der Waals surface area contributed by atoms with E-state index in [1.807, 2.05) is 17.8 Å². The fourth-order valence-corrected chi connectivity index (χ4v) is 6.89. The van der Waals surface area contributed by atoms with Crippen molar-refractivity contribution in [2.45, 2.75) is 58.3 Å². The number of fused-ring (bicyclic) bond motifs is 5. The second kappa shape index (κ2) is 6.61. The van der Waals surface area contributed by atoms with Crippen LogP contribution in [0.1, 0.15) is 58.3 Å². The zero-order valence-electron chi connectivity index (χ0n) is 15.7. The molecule has 1 nitrogen and oxygen atoms in total. The summed E-state index contributed by atoms with van der Waals surface area (Å²) < 4.78 is 26.5. The maximum absolute atomic E-state index is 13.2. The topological polar surface area (TPSA) is 17.1 Å². The molecule has 4 atom stereocenters. The number of carbonyl (C=O) groups excluding carboxylic acids is 1. The van der Waals surface area contributed by atoms with Crippen molar-refractivity contribution in [2.24, 2.45) is 22.7 Å². The van der Waals surface area contributed by atoms with Gasteiger partial charge in [0.25, 0.3) is 6.08 Å². The summed E-state index contributed by atoms with van der Waals surface area (Å²) in [5.41, 5.74) is 2.77. The summed E-state index contributed by atoms with van der Waals surface area (Å²) in [6, 6.07) is 0. The van der Waals surface area contributed by atoms with Crippen LogP contribution in [0, 0.1) is 22.7 Å². The first-order chi connectivity index (χ1) is 12.4. The molecule has 142 valence electrons. The van der Waals surface area contributed by atoms with Crippen LogP contribution in [0.2, 0.25) is 0 Å². The zero-order chi connectivity index (χ0) is 18.5. The molecule has 26 heavy (non-hydrogen) atoms. The van der Waals surface area contributed by atoms with Crippen LogP contribution in [0.4, 0.5) is 8.78 Å². The first-order valence-electron chi connectivity index (χ1n) is 9.90. The minimum absolute atomic E-state index is 0.0299. The molecule has 0 aromatic heterocycles. The van der Waals surface area contributed by atoms with E-state index in [4.69, 9.17) is 0 Å². The first kappa shape index (κ1) is 18.5. The average Bonchev–Trinajstić information content (AvgIpc) is 2.94. The van der Waals surface area contributed by atoms with E-state index in [9.17, 15) is 13.6 Å². The Morgan fingerprint density at radius 1 is 1.27 bits per heavy atom. The Bertz CT molecular complexity index is 718. The van der Waals surface area contributed by atoms with Crippen molar-refractivity contribution in [3.63, 3.8) is 0 Å². The van der Waals surface area contributed by atoms with E-state index < -0.39 is 6.08 Å². The highest BCUT2D eigenvalue weighted by Gasteiger charge is 2.56. The minimum Gasteiger partial charge on any atom is -0.299 e. The highest BCUT2D eigenvalue weighted by atomic mass is 32.2. The monoisotopic (exact) mass is 378 g/mol. The maximum atomic E-state index is 13.2. The summed E-state index contributed by atoms with van der Waals surface area (Å²) in [4.78, 5) is 12.5. The lowest BCUT2D eigenvalue weighted by Gasteiger charge is -2.54. The predicted octanol–water partition coefficient (Wildman–Crippen LogP) is 6.32. The summed E-state index contributed by atoms with van der Waals surface area (Å²) in [5.74, 6) is 2.42. The average molecular weight is 379 g/mol. The molecule has 0 amide bonds. The zero-order valence-corrected chi connectivity index (χ0v) is 16.6. The Hall–Kier alpha value is -0.900. The van der Waals surface area contributed by atoms with E-state index in [-0.39, 0.29) is 16.4 Å². The molecule has 0 saturated heterocycles. The Morgan fingerprint density at radius 2 is 2.08 bits per heavy atom.